The fourth-order valence-corrected chi connectivity index (χ4v) is 4.76. The van der Waals surface area contributed by atoms with Gasteiger partial charge in [0.25, 0.3) is 0 Å². The third kappa shape index (κ3) is 3.94. The van der Waals surface area contributed by atoms with Crippen LogP contribution in [0.5, 0.6) is 0 Å². The molecule has 0 saturated heterocycles. The number of hydrogen-bond donors (Lipinski definition) is 1. The number of anilines is 1. The molecule has 1 aromatic carbocycles. The highest BCUT2D eigenvalue weighted by Gasteiger charge is 2.15. The quantitative estimate of drug-likeness (QED) is 0.719. The zero-order valence-electron chi connectivity index (χ0n) is 11.3. The van der Waals surface area contributed by atoms with Crippen molar-refractivity contribution in [2.45, 2.75) is 42.4 Å². The van der Waals surface area contributed by atoms with Crippen molar-refractivity contribution in [2.24, 2.45) is 0 Å². The molecule has 0 unspecified atom stereocenters. The summed E-state index contributed by atoms with van der Waals surface area (Å²) in [4.78, 5) is 2.65. The summed E-state index contributed by atoms with van der Waals surface area (Å²) >= 11 is 9.60. The third-order valence-corrected chi connectivity index (χ3v) is 6.14. The summed E-state index contributed by atoms with van der Waals surface area (Å²) in [6, 6.07) is 12.8. The van der Waals surface area contributed by atoms with Crippen molar-refractivity contribution in [1.82, 2.24) is 0 Å². The van der Waals surface area contributed by atoms with E-state index in [4.69, 9.17) is 11.6 Å². The maximum Gasteiger partial charge on any atom is 0.0931 e. The fraction of sp³-hybridized carbons (Fsp3) is 0.375. The predicted molar refractivity (Wildman–Crippen MR) is 91.2 cm³/mol. The van der Waals surface area contributed by atoms with Crippen LogP contribution in [0.3, 0.4) is 0 Å². The van der Waals surface area contributed by atoms with Gasteiger partial charge in [-0.3, -0.25) is 0 Å². The van der Waals surface area contributed by atoms with Crippen LogP contribution in [0.15, 0.2) is 41.3 Å². The Bertz CT molecular complexity index is 544. The van der Waals surface area contributed by atoms with Crippen LogP contribution in [0.1, 0.15) is 30.6 Å². The first-order chi connectivity index (χ1) is 9.79. The molecule has 4 heteroatoms. The predicted octanol–water partition coefficient (Wildman–Crippen LogP) is 6.05. The molecule has 1 aliphatic carbocycles. The molecule has 0 amide bonds. The normalized spacial score (nSPS) is 15.7. The van der Waals surface area contributed by atoms with Gasteiger partial charge >= 0.3 is 0 Å². The number of halogens is 1. The smallest absolute Gasteiger partial charge is 0.0931 e. The minimum Gasteiger partial charge on any atom is -0.380 e. The topological polar surface area (TPSA) is 12.0 Å². The lowest BCUT2D eigenvalue weighted by atomic mass is 10.3. The minimum absolute atomic E-state index is 0.835. The third-order valence-electron chi connectivity index (χ3n) is 3.55. The molecule has 1 nitrogen and oxygen atoms in total. The second-order valence-corrected chi connectivity index (χ2v) is 8.28. The summed E-state index contributed by atoms with van der Waals surface area (Å²) in [6.07, 6.45) is 5.56. The highest BCUT2D eigenvalue weighted by Crippen LogP contribution is 2.35. The molecule has 1 saturated carbocycles. The van der Waals surface area contributed by atoms with Crippen LogP contribution in [0, 0.1) is 0 Å². The molecular weight excluding hydrogens is 306 g/mol. The Labute approximate surface area is 133 Å². The van der Waals surface area contributed by atoms with Crippen molar-refractivity contribution in [3.05, 3.63) is 45.6 Å². The molecular formula is C16H18ClNS2. The van der Waals surface area contributed by atoms with E-state index in [1.165, 1.54) is 41.1 Å². The van der Waals surface area contributed by atoms with Crippen LogP contribution in [0.2, 0.25) is 4.34 Å². The van der Waals surface area contributed by atoms with Crippen LogP contribution in [0.25, 0.3) is 0 Å². The van der Waals surface area contributed by atoms with E-state index < -0.39 is 0 Å². The Balaban J connectivity index is 1.52. The van der Waals surface area contributed by atoms with Crippen LogP contribution in [0.4, 0.5) is 5.69 Å². The molecule has 0 atom stereocenters. The monoisotopic (exact) mass is 323 g/mol. The van der Waals surface area contributed by atoms with Gasteiger partial charge in [0.05, 0.1) is 4.34 Å². The van der Waals surface area contributed by atoms with Crippen molar-refractivity contribution in [3.63, 3.8) is 0 Å². The number of rotatable bonds is 5. The van der Waals surface area contributed by atoms with Crippen molar-refractivity contribution in [2.75, 3.05) is 5.32 Å². The first kappa shape index (κ1) is 14.3. The molecule has 1 aliphatic rings. The molecule has 1 aromatic heterocycles. The molecule has 106 valence electrons. The minimum atomic E-state index is 0.835. The second kappa shape index (κ2) is 6.88. The molecule has 20 heavy (non-hydrogen) atoms. The van der Waals surface area contributed by atoms with E-state index in [9.17, 15) is 0 Å². The van der Waals surface area contributed by atoms with E-state index in [2.05, 4.69) is 35.6 Å². The molecule has 1 N–H and O–H groups in total. The zero-order chi connectivity index (χ0) is 13.8. The zero-order valence-corrected chi connectivity index (χ0v) is 13.7. The van der Waals surface area contributed by atoms with Crippen molar-refractivity contribution in [1.29, 1.82) is 0 Å². The van der Waals surface area contributed by atoms with Gasteiger partial charge in [-0.1, -0.05) is 24.4 Å². The fourth-order valence-electron chi connectivity index (χ4n) is 2.49. The molecule has 0 aliphatic heterocycles. The highest BCUT2D eigenvalue weighted by atomic mass is 35.5. The lowest BCUT2D eigenvalue weighted by molar-refractivity contribution is 0.886. The average molecular weight is 324 g/mol. The van der Waals surface area contributed by atoms with Gasteiger partial charge in [-0.2, -0.15) is 0 Å². The summed E-state index contributed by atoms with van der Waals surface area (Å²) in [6.45, 7) is 0.840. The maximum absolute atomic E-state index is 5.93. The Morgan fingerprint density at radius 2 is 1.85 bits per heavy atom. The summed E-state index contributed by atoms with van der Waals surface area (Å²) < 4.78 is 0.852. The lowest BCUT2D eigenvalue weighted by Crippen LogP contribution is -1.97. The van der Waals surface area contributed by atoms with Gasteiger partial charge in [0.2, 0.25) is 0 Å². The number of thiophene rings is 1. The summed E-state index contributed by atoms with van der Waals surface area (Å²) in [5.41, 5.74) is 1.17. The van der Waals surface area contributed by atoms with Gasteiger partial charge in [0.1, 0.15) is 0 Å². The summed E-state index contributed by atoms with van der Waals surface area (Å²) in [5.74, 6) is 0. The van der Waals surface area contributed by atoms with Crippen molar-refractivity contribution in [3.8, 4) is 0 Å². The Morgan fingerprint density at radius 1 is 1.10 bits per heavy atom. The number of thioether (sulfide) groups is 1. The summed E-state index contributed by atoms with van der Waals surface area (Å²) in [7, 11) is 0. The van der Waals surface area contributed by atoms with Gasteiger partial charge in [-0.05, 0) is 49.2 Å². The Hall–Kier alpha value is -0.640. The molecule has 0 spiro atoms. The number of hydrogen-bond acceptors (Lipinski definition) is 3. The Kier molecular flexibility index (Phi) is 4.92. The molecule has 3 rings (SSSR count). The van der Waals surface area contributed by atoms with E-state index in [1.54, 1.807) is 11.3 Å². The van der Waals surface area contributed by atoms with Crippen LogP contribution in [-0.2, 0) is 6.54 Å². The van der Waals surface area contributed by atoms with Gasteiger partial charge < -0.3 is 5.32 Å². The highest BCUT2D eigenvalue weighted by molar-refractivity contribution is 8.00. The van der Waals surface area contributed by atoms with Crippen molar-refractivity contribution < 1.29 is 0 Å². The van der Waals surface area contributed by atoms with Crippen LogP contribution >= 0.6 is 34.7 Å². The first-order valence-electron chi connectivity index (χ1n) is 7.04. The number of nitrogens with one attached hydrogen (secondary N) is 1. The lowest BCUT2D eigenvalue weighted by Gasteiger charge is -2.10. The number of benzene rings is 1. The largest absolute Gasteiger partial charge is 0.380 e. The Morgan fingerprint density at radius 3 is 2.50 bits per heavy atom. The van der Waals surface area contributed by atoms with Gasteiger partial charge in [-0.15, -0.1) is 23.1 Å². The molecule has 0 bridgehead atoms. The van der Waals surface area contributed by atoms with E-state index in [0.29, 0.717) is 0 Å². The van der Waals surface area contributed by atoms with E-state index in [-0.39, 0.29) is 0 Å². The van der Waals surface area contributed by atoms with E-state index in [0.717, 1.165) is 16.1 Å². The molecule has 1 fully saturated rings. The first-order valence-corrected chi connectivity index (χ1v) is 9.12. The van der Waals surface area contributed by atoms with Crippen LogP contribution in [-0.4, -0.2) is 5.25 Å². The van der Waals surface area contributed by atoms with Gasteiger partial charge in [-0.25, -0.2) is 0 Å². The van der Waals surface area contributed by atoms with Gasteiger partial charge in [0.15, 0.2) is 0 Å². The second-order valence-electron chi connectivity index (χ2n) is 5.11. The molecule has 2 aromatic rings. The SMILES string of the molecule is Clc1ccc(CNc2ccc(SC3CCCC3)cc2)s1. The van der Waals surface area contributed by atoms with Gasteiger partial charge in [0, 0.05) is 27.3 Å². The van der Waals surface area contributed by atoms with E-state index in [1.807, 2.05) is 17.8 Å². The average Bonchev–Trinajstić information content (AvgIpc) is 3.10. The maximum atomic E-state index is 5.93. The summed E-state index contributed by atoms with van der Waals surface area (Å²) in [5, 5.41) is 4.27. The molecule has 0 radical (unpaired) electrons. The van der Waals surface area contributed by atoms with Crippen molar-refractivity contribution >= 4 is 40.4 Å². The molecule has 1 heterocycles. The standard InChI is InChI=1S/C16H18ClNS2/c17-16-10-9-15(20-16)11-18-12-5-7-14(8-6-12)19-13-3-1-2-4-13/h5-10,13,18H,1-4,11H2. The van der Waals surface area contributed by atoms with Crippen LogP contribution < -0.4 is 5.32 Å². The van der Waals surface area contributed by atoms with E-state index >= 15 is 0 Å².